The molecule has 3 atom stereocenters. The molecule has 0 aromatic carbocycles. The third-order valence-electron chi connectivity index (χ3n) is 3.54. The largest absolute Gasteiger partial charge is 0.388 e. The van der Waals surface area contributed by atoms with Gasteiger partial charge < -0.3 is 5.11 Å². The standard InChI is InChI=1S/C10H16O/c1-6-8-4-7(9(6)11)5-10(8,2)3/h7-9,11H,1,4-5H2,2-3H3/t7-,8?,9-/m1/s1. The average molecular weight is 152 g/mol. The maximum absolute atomic E-state index is 9.62. The van der Waals surface area contributed by atoms with E-state index in [9.17, 15) is 5.11 Å². The van der Waals surface area contributed by atoms with E-state index in [2.05, 4.69) is 20.4 Å². The zero-order valence-electron chi connectivity index (χ0n) is 7.30. The van der Waals surface area contributed by atoms with Crippen molar-refractivity contribution < 1.29 is 5.11 Å². The van der Waals surface area contributed by atoms with Gasteiger partial charge in [-0.15, -0.1) is 0 Å². The number of rotatable bonds is 0. The lowest BCUT2D eigenvalue weighted by atomic mass is 9.73. The summed E-state index contributed by atoms with van der Waals surface area (Å²) in [5.41, 5.74) is 1.49. The summed E-state index contributed by atoms with van der Waals surface area (Å²) in [7, 11) is 0. The second kappa shape index (κ2) is 1.89. The molecule has 0 aromatic rings. The molecule has 0 spiro atoms. The van der Waals surface area contributed by atoms with Crippen molar-refractivity contribution in [3.05, 3.63) is 12.2 Å². The Morgan fingerprint density at radius 1 is 1.55 bits per heavy atom. The summed E-state index contributed by atoms with van der Waals surface area (Å²) in [6.45, 7) is 8.54. The third-order valence-corrected chi connectivity index (χ3v) is 3.54. The highest BCUT2D eigenvalue weighted by Crippen LogP contribution is 2.57. The summed E-state index contributed by atoms with van der Waals surface area (Å²) in [6, 6.07) is 0. The molecule has 0 aliphatic heterocycles. The van der Waals surface area contributed by atoms with Crippen LogP contribution in [-0.4, -0.2) is 11.2 Å². The summed E-state index contributed by atoms with van der Waals surface area (Å²) in [6.07, 6.45) is 2.17. The molecule has 2 bridgehead atoms. The fourth-order valence-electron chi connectivity index (χ4n) is 2.93. The SMILES string of the molecule is C=C1C2C[C@H](CC2(C)C)[C@@H]1O. The van der Waals surface area contributed by atoms with E-state index in [0.717, 1.165) is 5.57 Å². The molecule has 62 valence electrons. The number of fused-ring (bicyclic) bond motifs is 2. The van der Waals surface area contributed by atoms with Crippen molar-refractivity contribution in [1.82, 2.24) is 0 Å². The third kappa shape index (κ3) is 0.807. The minimum absolute atomic E-state index is 0.187. The Kier molecular flexibility index (Phi) is 1.26. The second-order valence-electron chi connectivity index (χ2n) is 4.76. The normalized spacial score (nSPS) is 46.8. The molecular weight excluding hydrogens is 136 g/mol. The molecule has 0 amide bonds. The topological polar surface area (TPSA) is 20.2 Å². The van der Waals surface area contributed by atoms with Gasteiger partial charge in [-0.3, -0.25) is 0 Å². The van der Waals surface area contributed by atoms with Crippen LogP contribution >= 0.6 is 0 Å². The molecule has 1 nitrogen and oxygen atoms in total. The van der Waals surface area contributed by atoms with E-state index < -0.39 is 0 Å². The quantitative estimate of drug-likeness (QED) is 0.526. The molecule has 0 heterocycles. The van der Waals surface area contributed by atoms with Crippen LogP contribution in [0.5, 0.6) is 0 Å². The molecule has 0 saturated heterocycles. The van der Waals surface area contributed by atoms with Gasteiger partial charge in [0, 0.05) is 0 Å². The van der Waals surface area contributed by atoms with Crippen molar-refractivity contribution in [3.8, 4) is 0 Å². The Labute approximate surface area is 68.1 Å². The van der Waals surface area contributed by atoms with Gasteiger partial charge in [0.15, 0.2) is 0 Å². The van der Waals surface area contributed by atoms with Crippen LogP contribution in [-0.2, 0) is 0 Å². The second-order valence-corrected chi connectivity index (χ2v) is 4.76. The van der Waals surface area contributed by atoms with Crippen LogP contribution in [0.15, 0.2) is 12.2 Å². The summed E-state index contributed by atoms with van der Waals surface area (Å²) in [4.78, 5) is 0. The molecule has 2 fully saturated rings. The highest BCUT2D eigenvalue weighted by molar-refractivity contribution is 5.23. The monoisotopic (exact) mass is 152 g/mol. The minimum atomic E-state index is -0.187. The van der Waals surface area contributed by atoms with Crippen LogP contribution in [0.2, 0.25) is 0 Å². The van der Waals surface area contributed by atoms with Gasteiger partial charge >= 0.3 is 0 Å². The van der Waals surface area contributed by atoms with Crippen molar-refractivity contribution in [2.24, 2.45) is 17.3 Å². The fourth-order valence-corrected chi connectivity index (χ4v) is 2.93. The molecule has 1 heteroatoms. The fraction of sp³-hybridized carbons (Fsp3) is 0.800. The summed E-state index contributed by atoms with van der Waals surface area (Å²) in [5, 5.41) is 9.62. The van der Waals surface area contributed by atoms with E-state index in [-0.39, 0.29) is 6.10 Å². The number of hydrogen-bond donors (Lipinski definition) is 1. The first-order valence-corrected chi connectivity index (χ1v) is 4.39. The van der Waals surface area contributed by atoms with Gasteiger partial charge in [-0.1, -0.05) is 20.4 Å². The van der Waals surface area contributed by atoms with E-state index >= 15 is 0 Å². The average Bonchev–Trinajstić information content (AvgIpc) is 2.31. The van der Waals surface area contributed by atoms with Gasteiger partial charge in [0.2, 0.25) is 0 Å². The first-order valence-electron chi connectivity index (χ1n) is 4.39. The van der Waals surface area contributed by atoms with Crippen molar-refractivity contribution in [2.45, 2.75) is 32.8 Å². The highest BCUT2D eigenvalue weighted by atomic mass is 16.3. The maximum atomic E-state index is 9.62. The van der Waals surface area contributed by atoms with Crippen LogP contribution in [0.3, 0.4) is 0 Å². The first-order chi connectivity index (χ1) is 5.02. The van der Waals surface area contributed by atoms with Gasteiger partial charge in [0.1, 0.15) is 0 Å². The smallest absolute Gasteiger partial charge is 0.0778 e. The van der Waals surface area contributed by atoms with Crippen molar-refractivity contribution in [2.75, 3.05) is 0 Å². The van der Waals surface area contributed by atoms with Crippen LogP contribution in [0.1, 0.15) is 26.7 Å². The predicted octanol–water partition coefficient (Wildman–Crippen LogP) is 1.97. The predicted molar refractivity (Wildman–Crippen MR) is 45.1 cm³/mol. The van der Waals surface area contributed by atoms with Crippen LogP contribution < -0.4 is 0 Å². The Morgan fingerprint density at radius 2 is 2.18 bits per heavy atom. The van der Waals surface area contributed by atoms with Gasteiger partial charge in [0.05, 0.1) is 6.10 Å². The molecule has 2 aliphatic carbocycles. The molecule has 2 saturated carbocycles. The van der Waals surface area contributed by atoms with Crippen molar-refractivity contribution in [3.63, 3.8) is 0 Å². The van der Waals surface area contributed by atoms with Crippen molar-refractivity contribution in [1.29, 1.82) is 0 Å². The van der Waals surface area contributed by atoms with Gasteiger partial charge in [-0.25, -0.2) is 0 Å². The summed E-state index contributed by atoms with van der Waals surface area (Å²) >= 11 is 0. The van der Waals surface area contributed by atoms with Crippen LogP contribution in [0.4, 0.5) is 0 Å². The van der Waals surface area contributed by atoms with E-state index in [1.807, 2.05) is 0 Å². The van der Waals surface area contributed by atoms with E-state index in [4.69, 9.17) is 0 Å². The summed E-state index contributed by atoms with van der Waals surface area (Å²) in [5.74, 6) is 1.10. The summed E-state index contributed by atoms with van der Waals surface area (Å²) < 4.78 is 0. The lowest BCUT2D eigenvalue weighted by molar-refractivity contribution is 0.118. The van der Waals surface area contributed by atoms with Crippen LogP contribution in [0.25, 0.3) is 0 Å². The molecule has 1 unspecified atom stereocenters. The molecule has 2 rings (SSSR count). The highest BCUT2D eigenvalue weighted by Gasteiger charge is 2.51. The zero-order valence-corrected chi connectivity index (χ0v) is 7.30. The Bertz CT molecular complexity index is 205. The Hall–Kier alpha value is -0.300. The zero-order chi connectivity index (χ0) is 8.22. The van der Waals surface area contributed by atoms with E-state index in [1.54, 1.807) is 0 Å². The van der Waals surface area contributed by atoms with E-state index in [1.165, 1.54) is 12.8 Å². The molecule has 2 aliphatic rings. The molecule has 1 N–H and O–H groups in total. The first kappa shape index (κ1) is 7.35. The molecule has 0 radical (unpaired) electrons. The Morgan fingerprint density at radius 3 is 2.55 bits per heavy atom. The molecule has 0 aromatic heterocycles. The van der Waals surface area contributed by atoms with Crippen LogP contribution in [0, 0.1) is 17.3 Å². The van der Waals surface area contributed by atoms with Gasteiger partial charge in [-0.2, -0.15) is 0 Å². The number of hydrogen-bond acceptors (Lipinski definition) is 1. The number of aliphatic hydroxyl groups excluding tert-OH is 1. The van der Waals surface area contributed by atoms with Gasteiger partial charge in [0.25, 0.3) is 0 Å². The van der Waals surface area contributed by atoms with E-state index in [0.29, 0.717) is 17.3 Å². The van der Waals surface area contributed by atoms with Crippen molar-refractivity contribution >= 4 is 0 Å². The molecular formula is C10H16O. The lowest BCUT2D eigenvalue weighted by Crippen LogP contribution is -2.29. The molecule has 11 heavy (non-hydrogen) atoms. The number of aliphatic hydroxyl groups is 1. The minimum Gasteiger partial charge on any atom is -0.388 e. The lowest BCUT2D eigenvalue weighted by Gasteiger charge is -2.33. The van der Waals surface area contributed by atoms with Gasteiger partial charge in [-0.05, 0) is 35.7 Å². The Balaban J connectivity index is 2.30. The maximum Gasteiger partial charge on any atom is 0.0778 e.